The van der Waals surface area contributed by atoms with Crippen molar-refractivity contribution in [3.63, 3.8) is 0 Å². The van der Waals surface area contributed by atoms with Gasteiger partial charge in [0.1, 0.15) is 6.54 Å². The second-order valence-electron chi connectivity index (χ2n) is 8.20. The second-order valence-corrected chi connectivity index (χ2v) is 8.20. The Labute approximate surface area is 208 Å². The zero-order valence-electron chi connectivity index (χ0n) is 19.9. The van der Waals surface area contributed by atoms with E-state index in [1.165, 1.54) is 11.1 Å². The number of benzene rings is 2. The molecule has 0 atom stereocenters. The zero-order valence-corrected chi connectivity index (χ0v) is 19.9. The molecule has 2 aromatic heterocycles. The van der Waals surface area contributed by atoms with Crippen LogP contribution in [-0.2, 0) is 16.0 Å². The van der Waals surface area contributed by atoms with Gasteiger partial charge in [-0.1, -0.05) is 12.1 Å². The molecule has 4 rings (SSSR count). The average molecular weight is 481 g/mol. The Morgan fingerprint density at radius 2 is 1.89 bits per heavy atom. The number of rotatable bonds is 8. The molecule has 36 heavy (non-hydrogen) atoms. The molecule has 0 saturated heterocycles. The van der Waals surface area contributed by atoms with E-state index in [1.807, 2.05) is 6.92 Å². The lowest BCUT2D eigenvalue weighted by atomic mass is 9.99. The van der Waals surface area contributed by atoms with Crippen molar-refractivity contribution in [2.24, 2.45) is 0 Å². The number of esters is 1. The van der Waals surface area contributed by atoms with Gasteiger partial charge in [-0.15, -0.1) is 0 Å². The molecule has 0 radical (unpaired) electrons. The molecule has 0 aliphatic heterocycles. The Balaban J connectivity index is 1.72. The topological polar surface area (TPSA) is 116 Å². The first-order valence-corrected chi connectivity index (χ1v) is 11.4. The number of H-pyrrole nitrogens is 1. The molecule has 1 N–H and O–H groups in total. The standard InChI is InChI=1S/C28H24N4O4/c1-3-36-26(34)17-32(28(35)21-5-4-12-30-16-21)22-10-11-24-23(14-22)27(18(2)31-24)25(33)13-19-6-8-20(15-29)9-7-19/h4-12,14,16,31H,3,13,17H2,1-2H3. The van der Waals surface area contributed by atoms with Gasteiger partial charge in [-0.2, -0.15) is 5.26 Å². The molecule has 4 aromatic rings. The van der Waals surface area contributed by atoms with Crippen LogP contribution in [0.3, 0.4) is 0 Å². The number of nitriles is 1. The molecule has 0 saturated carbocycles. The van der Waals surface area contributed by atoms with Crippen LogP contribution < -0.4 is 4.90 Å². The monoisotopic (exact) mass is 480 g/mol. The van der Waals surface area contributed by atoms with Crippen molar-refractivity contribution in [2.75, 3.05) is 18.1 Å². The summed E-state index contributed by atoms with van der Waals surface area (Å²) in [5, 5.41) is 9.65. The quantitative estimate of drug-likeness (QED) is 0.296. The van der Waals surface area contributed by atoms with Crippen molar-refractivity contribution < 1.29 is 19.1 Å². The first kappa shape index (κ1) is 24.4. The number of nitrogens with zero attached hydrogens (tertiary/aromatic N) is 3. The van der Waals surface area contributed by atoms with Gasteiger partial charge in [-0.05, 0) is 61.9 Å². The van der Waals surface area contributed by atoms with Crippen LogP contribution in [0, 0.1) is 18.3 Å². The maximum atomic E-state index is 13.3. The number of hydrogen-bond donors (Lipinski definition) is 1. The highest BCUT2D eigenvalue weighted by Gasteiger charge is 2.24. The lowest BCUT2D eigenvalue weighted by Crippen LogP contribution is -2.36. The van der Waals surface area contributed by atoms with E-state index in [1.54, 1.807) is 67.7 Å². The van der Waals surface area contributed by atoms with Crippen LogP contribution in [0.5, 0.6) is 0 Å². The SMILES string of the molecule is CCOC(=O)CN(C(=O)c1cccnc1)c1ccc2[nH]c(C)c(C(=O)Cc3ccc(C#N)cc3)c2c1. The minimum Gasteiger partial charge on any atom is -0.465 e. The summed E-state index contributed by atoms with van der Waals surface area (Å²) < 4.78 is 5.09. The molecular formula is C28H24N4O4. The smallest absolute Gasteiger partial charge is 0.326 e. The number of pyridine rings is 1. The van der Waals surface area contributed by atoms with Crippen molar-refractivity contribution in [1.29, 1.82) is 5.26 Å². The van der Waals surface area contributed by atoms with E-state index >= 15 is 0 Å². The van der Waals surface area contributed by atoms with Crippen molar-refractivity contribution in [3.8, 4) is 6.07 Å². The first-order chi connectivity index (χ1) is 17.4. The maximum absolute atomic E-state index is 13.3. The van der Waals surface area contributed by atoms with Gasteiger partial charge in [0.25, 0.3) is 5.91 Å². The summed E-state index contributed by atoms with van der Waals surface area (Å²) in [6, 6.07) is 17.5. The number of amides is 1. The number of carbonyl (C=O) groups excluding carboxylic acids is 3. The minimum atomic E-state index is -0.544. The highest BCUT2D eigenvalue weighted by atomic mass is 16.5. The van der Waals surface area contributed by atoms with Gasteiger partial charge in [-0.3, -0.25) is 24.3 Å². The van der Waals surface area contributed by atoms with Crippen LogP contribution in [0.4, 0.5) is 5.69 Å². The molecule has 1 amide bonds. The normalized spacial score (nSPS) is 10.6. The van der Waals surface area contributed by atoms with E-state index in [0.29, 0.717) is 33.5 Å². The molecule has 0 unspecified atom stereocenters. The van der Waals surface area contributed by atoms with E-state index in [0.717, 1.165) is 11.1 Å². The lowest BCUT2D eigenvalue weighted by Gasteiger charge is -2.22. The molecule has 0 aliphatic rings. The number of hydrogen-bond acceptors (Lipinski definition) is 6. The van der Waals surface area contributed by atoms with Crippen molar-refractivity contribution in [3.05, 3.63) is 94.9 Å². The first-order valence-electron chi connectivity index (χ1n) is 11.4. The van der Waals surface area contributed by atoms with Gasteiger partial charge < -0.3 is 9.72 Å². The van der Waals surface area contributed by atoms with Crippen LogP contribution in [0.1, 0.15) is 44.5 Å². The molecule has 8 heteroatoms. The van der Waals surface area contributed by atoms with Crippen LogP contribution in [0.2, 0.25) is 0 Å². The molecule has 0 aliphatic carbocycles. The molecular weight excluding hydrogens is 456 g/mol. The minimum absolute atomic E-state index is 0.101. The Bertz CT molecular complexity index is 1470. The number of aromatic amines is 1. The Morgan fingerprint density at radius 1 is 1.11 bits per heavy atom. The highest BCUT2D eigenvalue weighted by molar-refractivity contribution is 6.13. The molecule has 0 spiro atoms. The van der Waals surface area contributed by atoms with E-state index in [2.05, 4.69) is 16.0 Å². The summed E-state index contributed by atoms with van der Waals surface area (Å²) in [4.78, 5) is 47.5. The van der Waals surface area contributed by atoms with Gasteiger partial charge in [0.15, 0.2) is 5.78 Å². The summed E-state index contributed by atoms with van der Waals surface area (Å²) in [7, 11) is 0. The van der Waals surface area contributed by atoms with Crippen LogP contribution >= 0.6 is 0 Å². The molecule has 8 nitrogen and oxygen atoms in total. The summed E-state index contributed by atoms with van der Waals surface area (Å²) in [5.41, 5.74) is 4.06. The Hall–Kier alpha value is -4.77. The highest BCUT2D eigenvalue weighted by Crippen LogP contribution is 2.29. The third kappa shape index (κ3) is 5.15. The van der Waals surface area contributed by atoms with Gasteiger partial charge in [0, 0.05) is 46.7 Å². The maximum Gasteiger partial charge on any atom is 0.326 e. The fourth-order valence-electron chi connectivity index (χ4n) is 4.07. The predicted molar refractivity (Wildman–Crippen MR) is 135 cm³/mol. The number of fused-ring (bicyclic) bond motifs is 1. The average Bonchev–Trinajstić information content (AvgIpc) is 3.23. The number of aromatic nitrogens is 2. The van der Waals surface area contributed by atoms with Crippen LogP contribution in [0.25, 0.3) is 10.9 Å². The van der Waals surface area contributed by atoms with Crippen molar-refractivity contribution in [2.45, 2.75) is 20.3 Å². The number of nitrogens with one attached hydrogen (secondary N) is 1. The number of Topliss-reactive ketones (excluding diaryl/α,β-unsaturated/α-hetero) is 1. The zero-order chi connectivity index (χ0) is 25.7. The number of anilines is 1. The number of carbonyl (C=O) groups is 3. The number of aryl methyl sites for hydroxylation is 1. The molecule has 180 valence electrons. The van der Waals surface area contributed by atoms with E-state index < -0.39 is 11.9 Å². The predicted octanol–water partition coefficient (Wildman–Crippen LogP) is 4.38. The van der Waals surface area contributed by atoms with Crippen molar-refractivity contribution in [1.82, 2.24) is 9.97 Å². The largest absolute Gasteiger partial charge is 0.465 e. The van der Waals surface area contributed by atoms with Crippen LogP contribution in [0.15, 0.2) is 67.0 Å². The molecule has 2 aromatic carbocycles. The third-order valence-corrected chi connectivity index (χ3v) is 5.75. The van der Waals surface area contributed by atoms with Gasteiger partial charge in [0.05, 0.1) is 23.8 Å². The summed E-state index contributed by atoms with van der Waals surface area (Å²) >= 11 is 0. The summed E-state index contributed by atoms with van der Waals surface area (Å²) in [6.45, 7) is 3.43. The third-order valence-electron chi connectivity index (χ3n) is 5.75. The summed E-state index contributed by atoms with van der Waals surface area (Å²) in [6.07, 6.45) is 3.16. The van der Waals surface area contributed by atoms with E-state index in [9.17, 15) is 14.4 Å². The number of ether oxygens (including phenoxy) is 1. The van der Waals surface area contributed by atoms with Crippen LogP contribution in [-0.4, -0.2) is 40.8 Å². The van der Waals surface area contributed by atoms with Crippen molar-refractivity contribution >= 4 is 34.3 Å². The molecule has 0 bridgehead atoms. The fourth-order valence-corrected chi connectivity index (χ4v) is 4.07. The second kappa shape index (κ2) is 10.7. The summed E-state index contributed by atoms with van der Waals surface area (Å²) in [5.74, 6) is -1.05. The lowest BCUT2D eigenvalue weighted by molar-refractivity contribution is -0.141. The van der Waals surface area contributed by atoms with Gasteiger partial charge >= 0.3 is 5.97 Å². The van der Waals surface area contributed by atoms with Gasteiger partial charge in [-0.25, -0.2) is 0 Å². The van der Waals surface area contributed by atoms with E-state index in [4.69, 9.17) is 10.00 Å². The molecule has 2 heterocycles. The van der Waals surface area contributed by atoms with Gasteiger partial charge in [0.2, 0.25) is 0 Å². The fraction of sp³-hybridized carbons (Fsp3) is 0.179. The van der Waals surface area contributed by atoms with E-state index in [-0.39, 0.29) is 25.4 Å². The Kier molecular flexibility index (Phi) is 7.21. The number of ketones is 1. The molecule has 0 fully saturated rings. The Morgan fingerprint density at radius 3 is 2.56 bits per heavy atom.